The number of para-hydroxylation sites is 1. The van der Waals surface area contributed by atoms with E-state index in [1.165, 1.54) is 65.6 Å². The lowest BCUT2D eigenvalue weighted by Crippen LogP contribution is -2.19. The van der Waals surface area contributed by atoms with Crippen LogP contribution in [0.3, 0.4) is 0 Å². The van der Waals surface area contributed by atoms with Crippen LogP contribution in [0, 0.1) is 11.3 Å². The van der Waals surface area contributed by atoms with E-state index in [0.717, 1.165) is 45.8 Å². The zero-order chi connectivity index (χ0) is 28.6. The minimum absolute atomic E-state index is 0.269. The summed E-state index contributed by atoms with van der Waals surface area (Å²) in [6.45, 7) is 3.27. The highest BCUT2D eigenvalue weighted by molar-refractivity contribution is 7.14. The monoisotopic (exact) mass is 558 g/mol. The van der Waals surface area contributed by atoms with Crippen LogP contribution in [-0.4, -0.2) is 17.6 Å². The molecule has 206 valence electrons. The fourth-order valence-electron chi connectivity index (χ4n) is 5.42. The summed E-state index contributed by atoms with van der Waals surface area (Å²) in [5, 5.41) is 18.5. The Kier molecular flexibility index (Phi) is 9.13. The zero-order valence-electron chi connectivity index (χ0n) is 23.3. The van der Waals surface area contributed by atoms with Crippen molar-refractivity contribution < 1.29 is 9.90 Å². The third-order valence-electron chi connectivity index (χ3n) is 7.50. The highest BCUT2D eigenvalue weighted by Crippen LogP contribution is 2.38. The highest BCUT2D eigenvalue weighted by Gasteiger charge is 2.20. The standard InChI is InChI=1S/C36H34N2O2S/c1-2-3-4-10-21-38-33-14-9-8-13-28(33)16-17-29-22-26(15-19-34(29)38)23-32(27-11-6-5-7-12-27)35-20-18-31(41-35)24-30(25-37)36(39)40/h5-9,11-15,18-20,22-24H,2-4,10,16-17,21H2,1H3,(H,39,40)/b30-24+,32-23+. The molecule has 1 aromatic heterocycles. The lowest BCUT2D eigenvalue weighted by molar-refractivity contribution is -0.132. The van der Waals surface area contributed by atoms with E-state index in [0.29, 0.717) is 0 Å². The number of carbonyl (C=O) groups is 1. The molecule has 5 rings (SSSR count). The first-order valence-corrected chi connectivity index (χ1v) is 15.1. The molecule has 1 N–H and O–H groups in total. The summed E-state index contributed by atoms with van der Waals surface area (Å²) in [7, 11) is 0. The molecule has 4 aromatic rings. The van der Waals surface area contributed by atoms with Gasteiger partial charge in [-0.25, -0.2) is 4.79 Å². The first kappa shape index (κ1) is 28.1. The van der Waals surface area contributed by atoms with Gasteiger partial charge in [0.2, 0.25) is 0 Å². The number of rotatable bonds is 10. The predicted octanol–water partition coefficient (Wildman–Crippen LogP) is 9.15. The molecule has 0 fully saturated rings. The van der Waals surface area contributed by atoms with Crippen LogP contribution >= 0.6 is 11.3 Å². The zero-order valence-corrected chi connectivity index (χ0v) is 24.2. The Morgan fingerprint density at radius 1 is 0.902 bits per heavy atom. The third-order valence-corrected chi connectivity index (χ3v) is 8.57. The maximum atomic E-state index is 11.4. The summed E-state index contributed by atoms with van der Waals surface area (Å²) in [5.41, 5.74) is 8.40. The van der Waals surface area contributed by atoms with E-state index in [1.54, 1.807) is 6.07 Å². The quantitative estimate of drug-likeness (QED) is 0.0912. The number of carboxylic acids is 1. The summed E-state index contributed by atoms with van der Waals surface area (Å²) in [6.07, 6.45) is 10.6. The van der Waals surface area contributed by atoms with Crippen LogP contribution in [0.2, 0.25) is 0 Å². The molecule has 41 heavy (non-hydrogen) atoms. The average molecular weight is 559 g/mol. The number of nitriles is 1. The number of unbranched alkanes of at least 4 members (excludes halogenated alkanes) is 3. The van der Waals surface area contributed by atoms with Crippen molar-refractivity contribution >= 4 is 46.4 Å². The Hall–Kier alpha value is -4.40. The molecule has 0 amide bonds. The van der Waals surface area contributed by atoms with Crippen molar-refractivity contribution in [1.29, 1.82) is 5.26 Å². The van der Waals surface area contributed by atoms with Crippen LogP contribution in [0.25, 0.3) is 17.7 Å². The molecule has 1 aliphatic rings. The smallest absolute Gasteiger partial charge is 0.346 e. The lowest BCUT2D eigenvalue weighted by Gasteiger charge is -2.27. The van der Waals surface area contributed by atoms with E-state index in [4.69, 9.17) is 0 Å². The van der Waals surface area contributed by atoms with E-state index < -0.39 is 5.97 Å². The molecule has 0 radical (unpaired) electrons. The van der Waals surface area contributed by atoms with Gasteiger partial charge >= 0.3 is 5.97 Å². The summed E-state index contributed by atoms with van der Waals surface area (Å²) in [6, 6.07) is 31.5. The molecule has 5 heteroatoms. The lowest BCUT2D eigenvalue weighted by atomic mass is 9.98. The summed E-state index contributed by atoms with van der Waals surface area (Å²) in [4.78, 5) is 15.6. The van der Waals surface area contributed by atoms with Gasteiger partial charge in [-0.15, -0.1) is 11.3 Å². The van der Waals surface area contributed by atoms with E-state index in [9.17, 15) is 15.2 Å². The third kappa shape index (κ3) is 6.67. The number of hydrogen-bond donors (Lipinski definition) is 1. The van der Waals surface area contributed by atoms with Crippen molar-refractivity contribution in [3.05, 3.63) is 123 Å². The summed E-state index contributed by atoms with van der Waals surface area (Å²) >= 11 is 1.49. The van der Waals surface area contributed by atoms with Crippen LogP contribution < -0.4 is 4.90 Å². The van der Waals surface area contributed by atoms with Gasteiger partial charge < -0.3 is 10.0 Å². The van der Waals surface area contributed by atoms with Crippen molar-refractivity contribution in [2.45, 2.75) is 45.4 Å². The van der Waals surface area contributed by atoms with Crippen LogP contribution in [0.15, 0.2) is 90.5 Å². The van der Waals surface area contributed by atoms with Crippen LogP contribution in [0.5, 0.6) is 0 Å². The molecule has 0 atom stereocenters. The number of fused-ring (bicyclic) bond motifs is 2. The molecule has 0 spiro atoms. The second kappa shape index (κ2) is 13.3. The van der Waals surface area contributed by atoms with Gasteiger partial charge in [-0.05, 0) is 89.6 Å². The first-order valence-electron chi connectivity index (χ1n) is 14.3. The Labute approximate surface area is 246 Å². The number of nitrogens with zero attached hydrogens (tertiary/aromatic N) is 2. The van der Waals surface area contributed by atoms with Crippen LogP contribution in [0.1, 0.15) is 64.6 Å². The van der Waals surface area contributed by atoms with E-state index in [2.05, 4.69) is 72.5 Å². The second-order valence-corrected chi connectivity index (χ2v) is 11.4. The number of aliphatic carboxylic acids is 1. The number of anilines is 2. The van der Waals surface area contributed by atoms with Gasteiger partial charge in [-0.3, -0.25) is 0 Å². The number of benzene rings is 3. The minimum Gasteiger partial charge on any atom is -0.477 e. The van der Waals surface area contributed by atoms with Gasteiger partial charge in [0.05, 0.1) is 0 Å². The molecule has 2 heterocycles. The van der Waals surface area contributed by atoms with Gasteiger partial charge in [0, 0.05) is 27.7 Å². The highest BCUT2D eigenvalue weighted by atomic mass is 32.1. The largest absolute Gasteiger partial charge is 0.477 e. The van der Waals surface area contributed by atoms with E-state index >= 15 is 0 Å². The van der Waals surface area contributed by atoms with Gasteiger partial charge in [0.25, 0.3) is 0 Å². The second-order valence-electron chi connectivity index (χ2n) is 10.3. The normalized spacial score (nSPS) is 13.2. The van der Waals surface area contributed by atoms with Gasteiger partial charge in [0.1, 0.15) is 11.6 Å². The van der Waals surface area contributed by atoms with Crippen molar-refractivity contribution in [3.8, 4) is 6.07 Å². The minimum atomic E-state index is -1.21. The first-order chi connectivity index (χ1) is 20.1. The van der Waals surface area contributed by atoms with Crippen LogP contribution in [-0.2, 0) is 17.6 Å². The average Bonchev–Trinajstić information content (AvgIpc) is 3.40. The van der Waals surface area contributed by atoms with Gasteiger partial charge in [0.15, 0.2) is 0 Å². The Bertz CT molecular complexity index is 1620. The molecule has 1 aliphatic heterocycles. The fraction of sp³-hybridized carbons (Fsp3) is 0.222. The van der Waals surface area contributed by atoms with E-state index in [-0.39, 0.29) is 5.57 Å². The van der Waals surface area contributed by atoms with Crippen molar-refractivity contribution in [2.75, 3.05) is 11.4 Å². The van der Waals surface area contributed by atoms with Crippen molar-refractivity contribution in [2.24, 2.45) is 0 Å². The van der Waals surface area contributed by atoms with Crippen molar-refractivity contribution in [1.82, 2.24) is 0 Å². The molecule has 0 unspecified atom stereocenters. The molecular formula is C36H34N2O2S. The SMILES string of the molecule is CCCCCCN1c2ccccc2CCc2cc(/C=C(\c3ccccc3)c3ccc(/C=C(\C#N)C(=O)O)s3)ccc21. The molecule has 0 saturated carbocycles. The number of carboxylic acid groups (broad SMARTS) is 1. The topological polar surface area (TPSA) is 64.3 Å². The molecule has 0 bridgehead atoms. The number of thiophene rings is 1. The Balaban J connectivity index is 1.53. The molecule has 0 saturated heterocycles. The van der Waals surface area contributed by atoms with Gasteiger partial charge in [-0.1, -0.05) is 80.8 Å². The maximum Gasteiger partial charge on any atom is 0.346 e. The molecule has 0 aliphatic carbocycles. The van der Waals surface area contributed by atoms with Crippen molar-refractivity contribution in [3.63, 3.8) is 0 Å². The summed E-state index contributed by atoms with van der Waals surface area (Å²) < 4.78 is 0. The Morgan fingerprint density at radius 3 is 2.44 bits per heavy atom. The molecule has 4 nitrogen and oxygen atoms in total. The molecule has 3 aromatic carbocycles. The van der Waals surface area contributed by atoms with E-state index in [1.807, 2.05) is 30.3 Å². The van der Waals surface area contributed by atoms with Crippen LogP contribution in [0.4, 0.5) is 11.4 Å². The van der Waals surface area contributed by atoms with Gasteiger partial charge in [-0.2, -0.15) is 5.26 Å². The predicted molar refractivity (Wildman–Crippen MR) is 170 cm³/mol. The Morgan fingerprint density at radius 2 is 1.66 bits per heavy atom. The number of hydrogen-bond acceptors (Lipinski definition) is 4. The number of aryl methyl sites for hydroxylation is 2. The summed E-state index contributed by atoms with van der Waals surface area (Å²) in [5.74, 6) is -1.21. The maximum absolute atomic E-state index is 11.4. The fourth-order valence-corrected chi connectivity index (χ4v) is 6.41. The molecular weight excluding hydrogens is 524 g/mol.